The van der Waals surface area contributed by atoms with Gasteiger partial charge in [0.1, 0.15) is 6.61 Å². The van der Waals surface area contributed by atoms with Gasteiger partial charge in [0, 0.05) is 12.6 Å². The standard InChI is InChI=1S/C17H21NO3/c1-17(2,3)15-11-14(19)9-10-18(15)16(20)21-12-13-7-5-4-6-8-13/h4-10,15H,11-12H2,1-3H3. The van der Waals surface area contributed by atoms with E-state index in [1.54, 1.807) is 0 Å². The molecule has 0 saturated heterocycles. The van der Waals surface area contributed by atoms with Gasteiger partial charge in [0.2, 0.25) is 0 Å². The van der Waals surface area contributed by atoms with Crippen LogP contribution in [0.4, 0.5) is 4.79 Å². The van der Waals surface area contributed by atoms with Crippen LogP contribution in [0.25, 0.3) is 0 Å². The maximum absolute atomic E-state index is 12.3. The summed E-state index contributed by atoms with van der Waals surface area (Å²) in [6.07, 6.45) is 2.89. The molecule has 0 bridgehead atoms. The zero-order valence-corrected chi connectivity index (χ0v) is 12.7. The van der Waals surface area contributed by atoms with E-state index in [1.165, 1.54) is 17.2 Å². The van der Waals surface area contributed by atoms with Crippen LogP contribution in [0.5, 0.6) is 0 Å². The molecule has 1 aliphatic rings. The van der Waals surface area contributed by atoms with Gasteiger partial charge in [-0.3, -0.25) is 9.69 Å². The molecule has 1 aromatic carbocycles. The summed E-state index contributed by atoms with van der Waals surface area (Å²) >= 11 is 0. The number of rotatable bonds is 2. The number of allylic oxidation sites excluding steroid dienone is 1. The molecule has 2 rings (SSSR count). The number of carbonyl (C=O) groups is 2. The minimum atomic E-state index is -0.414. The Morgan fingerprint density at radius 3 is 2.57 bits per heavy atom. The first-order valence-corrected chi connectivity index (χ1v) is 7.08. The zero-order chi connectivity index (χ0) is 15.5. The number of nitrogens with zero attached hydrogens (tertiary/aromatic N) is 1. The van der Waals surface area contributed by atoms with Crippen LogP contribution in [0, 0.1) is 5.41 Å². The third-order valence-corrected chi connectivity index (χ3v) is 3.57. The van der Waals surface area contributed by atoms with E-state index in [-0.39, 0.29) is 23.8 Å². The summed E-state index contributed by atoms with van der Waals surface area (Å²) in [6, 6.07) is 9.35. The van der Waals surface area contributed by atoms with Crippen molar-refractivity contribution < 1.29 is 14.3 Å². The molecule has 1 amide bonds. The summed E-state index contributed by atoms with van der Waals surface area (Å²) in [5, 5.41) is 0. The van der Waals surface area contributed by atoms with Gasteiger partial charge in [-0.05, 0) is 17.1 Å². The molecular formula is C17H21NO3. The van der Waals surface area contributed by atoms with Gasteiger partial charge in [-0.15, -0.1) is 0 Å². The van der Waals surface area contributed by atoms with Gasteiger partial charge in [0.05, 0.1) is 6.04 Å². The average molecular weight is 287 g/mol. The summed E-state index contributed by atoms with van der Waals surface area (Å²) in [5.74, 6) is 0.0436. The number of amides is 1. The summed E-state index contributed by atoms with van der Waals surface area (Å²) in [4.78, 5) is 25.4. The fourth-order valence-electron chi connectivity index (χ4n) is 2.33. The van der Waals surface area contributed by atoms with Gasteiger partial charge >= 0.3 is 6.09 Å². The van der Waals surface area contributed by atoms with Gasteiger partial charge in [-0.25, -0.2) is 4.79 Å². The predicted octanol–water partition coefficient (Wildman–Crippen LogP) is 3.53. The Labute approximate surface area is 125 Å². The summed E-state index contributed by atoms with van der Waals surface area (Å²) in [5.41, 5.74) is 0.752. The first-order valence-electron chi connectivity index (χ1n) is 7.08. The number of ketones is 1. The van der Waals surface area contributed by atoms with Crippen LogP contribution < -0.4 is 0 Å². The van der Waals surface area contributed by atoms with Crippen LogP contribution in [0.1, 0.15) is 32.8 Å². The maximum Gasteiger partial charge on any atom is 0.414 e. The lowest BCUT2D eigenvalue weighted by Gasteiger charge is -2.39. The number of carbonyl (C=O) groups excluding carboxylic acids is 2. The minimum absolute atomic E-state index is 0.0436. The second-order valence-electron chi connectivity index (χ2n) is 6.32. The molecule has 1 unspecified atom stereocenters. The van der Waals surface area contributed by atoms with Crippen molar-refractivity contribution in [3.63, 3.8) is 0 Å². The molecule has 0 fully saturated rings. The summed E-state index contributed by atoms with van der Waals surface area (Å²) in [7, 11) is 0. The maximum atomic E-state index is 12.3. The molecule has 1 aliphatic heterocycles. The molecule has 0 saturated carbocycles. The molecule has 21 heavy (non-hydrogen) atoms. The van der Waals surface area contributed by atoms with E-state index < -0.39 is 6.09 Å². The second kappa shape index (κ2) is 6.12. The van der Waals surface area contributed by atoms with Gasteiger partial charge in [0.15, 0.2) is 5.78 Å². The Balaban J connectivity index is 2.06. The Morgan fingerprint density at radius 1 is 1.29 bits per heavy atom. The monoisotopic (exact) mass is 287 g/mol. The molecule has 0 spiro atoms. The van der Waals surface area contributed by atoms with Crippen molar-refractivity contribution in [2.45, 2.75) is 39.8 Å². The molecule has 0 N–H and O–H groups in total. The van der Waals surface area contributed by atoms with Crippen LogP contribution >= 0.6 is 0 Å². The van der Waals surface area contributed by atoms with Crippen molar-refractivity contribution in [3.05, 3.63) is 48.2 Å². The van der Waals surface area contributed by atoms with E-state index in [2.05, 4.69) is 0 Å². The van der Waals surface area contributed by atoms with Crippen LogP contribution in [-0.2, 0) is 16.1 Å². The van der Waals surface area contributed by atoms with E-state index >= 15 is 0 Å². The molecule has 1 heterocycles. The highest BCUT2D eigenvalue weighted by Gasteiger charge is 2.36. The quantitative estimate of drug-likeness (QED) is 0.836. The Bertz CT molecular complexity index is 543. The van der Waals surface area contributed by atoms with E-state index in [0.29, 0.717) is 6.42 Å². The highest BCUT2D eigenvalue weighted by molar-refractivity contribution is 5.92. The van der Waals surface area contributed by atoms with Crippen molar-refractivity contribution in [2.75, 3.05) is 0 Å². The largest absolute Gasteiger partial charge is 0.444 e. The minimum Gasteiger partial charge on any atom is -0.444 e. The fraction of sp³-hybridized carbons (Fsp3) is 0.412. The SMILES string of the molecule is CC(C)(C)C1CC(=O)C=CN1C(=O)OCc1ccccc1. The van der Waals surface area contributed by atoms with Crippen molar-refractivity contribution in [1.29, 1.82) is 0 Å². The molecule has 0 aromatic heterocycles. The van der Waals surface area contributed by atoms with Crippen molar-refractivity contribution in [1.82, 2.24) is 4.90 Å². The first-order chi connectivity index (χ1) is 9.88. The molecule has 1 atom stereocenters. The number of hydrogen-bond donors (Lipinski definition) is 0. The topological polar surface area (TPSA) is 46.6 Å². The normalized spacial score (nSPS) is 18.7. The molecule has 4 nitrogen and oxygen atoms in total. The third-order valence-electron chi connectivity index (χ3n) is 3.57. The van der Waals surface area contributed by atoms with E-state index in [9.17, 15) is 9.59 Å². The third kappa shape index (κ3) is 3.94. The molecule has 0 aliphatic carbocycles. The Kier molecular flexibility index (Phi) is 4.46. The lowest BCUT2D eigenvalue weighted by Crippen LogP contribution is -2.47. The molecule has 112 valence electrons. The number of hydrogen-bond acceptors (Lipinski definition) is 3. The van der Waals surface area contributed by atoms with Gasteiger partial charge in [0.25, 0.3) is 0 Å². The smallest absolute Gasteiger partial charge is 0.414 e. The molecule has 0 radical (unpaired) electrons. The van der Waals surface area contributed by atoms with Crippen LogP contribution in [0.15, 0.2) is 42.6 Å². The van der Waals surface area contributed by atoms with Crippen LogP contribution in [0.2, 0.25) is 0 Å². The highest BCUT2D eigenvalue weighted by Crippen LogP contribution is 2.30. The zero-order valence-electron chi connectivity index (χ0n) is 12.7. The van der Waals surface area contributed by atoms with Gasteiger partial charge in [-0.2, -0.15) is 0 Å². The Morgan fingerprint density at radius 2 is 1.95 bits per heavy atom. The number of ether oxygens (including phenoxy) is 1. The molecular weight excluding hydrogens is 266 g/mol. The van der Waals surface area contributed by atoms with Crippen molar-refractivity contribution >= 4 is 11.9 Å². The van der Waals surface area contributed by atoms with Crippen molar-refractivity contribution in [2.24, 2.45) is 5.41 Å². The van der Waals surface area contributed by atoms with Crippen LogP contribution in [-0.4, -0.2) is 22.8 Å². The van der Waals surface area contributed by atoms with Crippen molar-refractivity contribution in [3.8, 4) is 0 Å². The molecule has 1 aromatic rings. The lowest BCUT2D eigenvalue weighted by atomic mass is 9.82. The molecule has 4 heteroatoms. The van der Waals surface area contributed by atoms with Gasteiger partial charge in [-0.1, -0.05) is 51.1 Å². The number of benzene rings is 1. The fourth-order valence-corrected chi connectivity index (χ4v) is 2.33. The summed E-state index contributed by atoms with van der Waals surface area (Å²) < 4.78 is 5.35. The Hall–Kier alpha value is -2.10. The highest BCUT2D eigenvalue weighted by atomic mass is 16.6. The van der Waals surface area contributed by atoms with E-state index in [0.717, 1.165) is 5.56 Å². The van der Waals surface area contributed by atoms with E-state index in [1.807, 2.05) is 51.1 Å². The van der Waals surface area contributed by atoms with Crippen LogP contribution in [0.3, 0.4) is 0 Å². The predicted molar refractivity (Wildman–Crippen MR) is 80.5 cm³/mol. The second-order valence-corrected chi connectivity index (χ2v) is 6.32. The van der Waals surface area contributed by atoms with E-state index in [4.69, 9.17) is 4.74 Å². The average Bonchev–Trinajstić information content (AvgIpc) is 2.45. The first kappa shape index (κ1) is 15.3. The summed E-state index contributed by atoms with van der Waals surface area (Å²) in [6.45, 7) is 6.28. The van der Waals surface area contributed by atoms with Gasteiger partial charge < -0.3 is 4.74 Å². The lowest BCUT2D eigenvalue weighted by molar-refractivity contribution is -0.117.